The normalized spacial score (nSPS) is 6.57. The van der Waals surface area contributed by atoms with Gasteiger partial charge in [0.25, 0.3) is 0 Å². The second kappa shape index (κ2) is 5.99. The van der Waals surface area contributed by atoms with Crippen LogP contribution in [-0.4, -0.2) is 12.6 Å². The topological polar surface area (TPSA) is 26.3 Å². The number of esters is 1. The fourth-order valence-electron chi connectivity index (χ4n) is 0.203. The number of hydrogen-bond donors (Lipinski definition) is 0. The van der Waals surface area contributed by atoms with Crippen molar-refractivity contribution in [2.24, 2.45) is 0 Å². The zero-order valence-electron chi connectivity index (χ0n) is 4.38. The first-order valence-electron chi connectivity index (χ1n) is 1.90. The van der Waals surface area contributed by atoms with E-state index in [2.05, 4.69) is 4.74 Å². The second-order valence-corrected chi connectivity index (χ2v) is 0.925. The second-order valence-electron chi connectivity index (χ2n) is 0.925. The van der Waals surface area contributed by atoms with Crippen LogP contribution in [0.4, 0.5) is 0 Å². The molecule has 0 aliphatic carbocycles. The van der Waals surface area contributed by atoms with Crippen molar-refractivity contribution in [2.75, 3.05) is 6.61 Å². The first-order chi connectivity index (χ1) is 2.77. The number of hydrogen-bond acceptors (Lipinski definition) is 2. The van der Waals surface area contributed by atoms with E-state index in [0.717, 1.165) is 0 Å². The number of ether oxygens (including phenoxy) is 1. The number of rotatable bonds is 1. The van der Waals surface area contributed by atoms with E-state index in [9.17, 15) is 4.79 Å². The molecule has 0 rings (SSSR count). The summed E-state index contributed by atoms with van der Waals surface area (Å²) in [5.74, 6) is -0.211. The van der Waals surface area contributed by atoms with Crippen molar-refractivity contribution >= 4 is 5.97 Å². The monoisotopic (exact) mass is 144 g/mol. The minimum Gasteiger partial charge on any atom is -0.466 e. The molecule has 0 saturated heterocycles. The van der Waals surface area contributed by atoms with Crippen LogP contribution in [0.1, 0.15) is 13.8 Å². The summed E-state index contributed by atoms with van der Waals surface area (Å²) in [6.07, 6.45) is 0. The molecule has 0 aromatic heterocycles. The Bertz CT molecular complexity index is 53.7. The fourth-order valence-corrected chi connectivity index (χ4v) is 0.203. The molecule has 0 bridgehead atoms. The van der Waals surface area contributed by atoms with Gasteiger partial charge in [-0.15, -0.1) is 0 Å². The Kier molecular flexibility index (Phi) is 8.62. The van der Waals surface area contributed by atoms with Crippen molar-refractivity contribution < 1.29 is 26.6 Å². The fraction of sp³-hybridized carbons (Fsp3) is 0.750. The van der Waals surface area contributed by atoms with Gasteiger partial charge in [-0.1, -0.05) is 0 Å². The molecule has 0 amide bonds. The minimum absolute atomic E-state index is 0. The van der Waals surface area contributed by atoms with Gasteiger partial charge in [0.05, 0.1) is 6.61 Å². The molecule has 0 saturated carbocycles. The summed E-state index contributed by atoms with van der Waals surface area (Å²) in [7, 11) is 0. The van der Waals surface area contributed by atoms with E-state index in [-0.39, 0.29) is 23.0 Å². The standard InChI is InChI=1S/C4H8O2.Fe/c1-3-6-4(2)5;/h3H2,1-2H3;/q;+3. The Morgan fingerprint density at radius 2 is 2.14 bits per heavy atom. The molecular formula is C4H8FeO2+3. The molecule has 41 valence electrons. The zero-order chi connectivity index (χ0) is 4.99. The van der Waals surface area contributed by atoms with Crippen LogP contribution in [0.15, 0.2) is 0 Å². The predicted octanol–water partition coefficient (Wildman–Crippen LogP) is 0.567. The first kappa shape index (κ1) is 10.1. The summed E-state index contributed by atoms with van der Waals surface area (Å²) in [5.41, 5.74) is 0. The van der Waals surface area contributed by atoms with Gasteiger partial charge >= 0.3 is 23.0 Å². The summed E-state index contributed by atoms with van der Waals surface area (Å²) >= 11 is 0. The molecule has 1 radical (unpaired) electrons. The smallest absolute Gasteiger partial charge is 0.466 e. The molecule has 2 nitrogen and oxygen atoms in total. The predicted molar refractivity (Wildman–Crippen MR) is 22.3 cm³/mol. The Hall–Kier alpha value is -0.0105. The van der Waals surface area contributed by atoms with Crippen LogP contribution < -0.4 is 0 Å². The SMILES string of the molecule is CCOC(C)=O.[Fe+3]. The summed E-state index contributed by atoms with van der Waals surface area (Å²) in [6, 6.07) is 0. The maximum atomic E-state index is 9.82. The molecule has 0 aliphatic heterocycles. The number of carbonyl (C=O) groups excluding carboxylic acids is 1. The summed E-state index contributed by atoms with van der Waals surface area (Å²) in [5, 5.41) is 0. The molecule has 7 heavy (non-hydrogen) atoms. The molecule has 3 heteroatoms. The van der Waals surface area contributed by atoms with Crippen molar-refractivity contribution in [3.8, 4) is 0 Å². The van der Waals surface area contributed by atoms with Crippen LogP contribution in [0.3, 0.4) is 0 Å². The van der Waals surface area contributed by atoms with Gasteiger partial charge in [0.1, 0.15) is 0 Å². The van der Waals surface area contributed by atoms with Crippen LogP contribution in [0.25, 0.3) is 0 Å². The first-order valence-corrected chi connectivity index (χ1v) is 1.90. The van der Waals surface area contributed by atoms with E-state index in [1.54, 1.807) is 6.92 Å². The van der Waals surface area contributed by atoms with E-state index < -0.39 is 0 Å². The third kappa shape index (κ3) is 10.7. The van der Waals surface area contributed by atoms with Gasteiger partial charge in [-0.3, -0.25) is 4.79 Å². The Balaban J connectivity index is 0. The van der Waals surface area contributed by atoms with Gasteiger partial charge in [0.15, 0.2) is 0 Å². The molecule has 0 spiro atoms. The largest absolute Gasteiger partial charge is 3.00 e. The molecule has 0 fully saturated rings. The van der Waals surface area contributed by atoms with Crippen LogP contribution in [0.5, 0.6) is 0 Å². The average molecular weight is 144 g/mol. The molecule has 0 unspecified atom stereocenters. The Labute approximate surface area is 53.7 Å². The van der Waals surface area contributed by atoms with Gasteiger partial charge in [0, 0.05) is 6.92 Å². The zero-order valence-corrected chi connectivity index (χ0v) is 5.48. The number of carbonyl (C=O) groups is 1. The van der Waals surface area contributed by atoms with Gasteiger partial charge in [-0.25, -0.2) is 0 Å². The maximum absolute atomic E-state index is 9.82. The van der Waals surface area contributed by atoms with Crippen molar-refractivity contribution in [1.82, 2.24) is 0 Å². The Morgan fingerprint density at radius 3 is 2.14 bits per heavy atom. The van der Waals surface area contributed by atoms with E-state index in [4.69, 9.17) is 0 Å². The molecule has 0 N–H and O–H groups in total. The molecule has 0 aromatic rings. The summed E-state index contributed by atoms with van der Waals surface area (Å²) < 4.78 is 4.40. The third-order valence-corrected chi connectivity index (χ3v) is 0.348. The van der Waals surface area contributed by atoms with E-state index >= 15 is 0 Å². The van der Waals surface area contributed by atoms with Crippen LogP contribution in [-0.2, 0) is 26.6 Å². The van der Waals surface area contributed by atoms with Crippen LogP contribution in [0, 0.1) is 0 Å². The van der Waals surface area contributed by atoms with E-state index in [1.807, 2.05) is 0 Å². The van der Waals surface area contributed by atoms with E-state index in [1.165, 1.54) is 6.92 Å². The minimum atomic E-state index is -0.211. The molecular weight excluding hydrogens is 136 g/mol. The van der Waals surface area contributed by atoms with Crippen molar-refractivity contribution in [2.45, 2.75) is 13.8 Å². The average Bonchev–Trinajstić information content (AvgIpc) is 1.35. The Morgan fingerprint density at radius 1 is 1.71 bits per heavy atom. The van der Waals surface area contributed by atoms with Crippen molar-refractivity contribution in [3.63, 3.8) is 0 Å². The summed E-state index contributed by atoms with van der Waals surface area (Å²) in [6.45, 7) is 3.65. The summed E-state index contributed by atoms with van der Waals surface area (Å²) in [4.78, 5) is 9.82. The molecule has 0 aliphatic rings. The van der Waals surface area contributed by atoms with Crippen molar-refractivity contribution in [3.05, 3.63) is 0 Å². The van der Waals surface area contributed by atoms with Crippen LogP contribution in [0.2, 0.25) is 0 Å². The molecule has 0 aromatic carbocycles. The van der Waals surface area contributed by atoms with E-state index in [0.29, 0.717) is 6.61 Å². The van der Waals surface area contributed by atoms with Crippen LogP contribution >= 0.6 is 0 Å². The maximum Gasteiger partial charge on any atom is 3.00 e. The quantitative estimate of drug-likeness (QED) is 0.397. The van der Waals surface area contributed by atoms with Crippen molar-refractivity contribution in [1.29, 1.82) is 0 Å². The third-order valence-electron chi connectivity index (χ3n) is 0.348. The molecule has 0 heterocycles. The van der Waals surface area contributed by atoms with Gasteiger partial charge < -0.3 is 4.74 Å². The van der Waals surface area contributed by atoms with Gasteiger partial charge in [0.2, 0.25) is 0 Å². The van der Waals surface area contributed by atoms with Gasteiger partial charge in [-0.05, 0) is 6.92 Å². The molecule has 0 atom stereocenters. The van der Waals surface area contributed by atoms with Gasteiger partial charge in [-0.2, -0.15) is 0 Å².